The minimum absolute atomic E-state index is 0.0279. The second-order valence-corrected chi connectivity index (χ2v) is 5.53. The molecule has 0 heterocycles. The van der Waals surface area contributed by atoms with Gasteiger partial charge < -0.3 is 9.47 Å². The van der Waals surface area contributed by atoms with E-state index >= 15 is 0 Å². The third-order valence-electron chi connectivity index (χ3n) is 2.92. The average Bonchev–Trinajstić information content (AvgIpc) is 2.36. The number of rotatable bonds is 6. The summed E-state index contributed by atoms with van der Waals surface area (Å²) >= 11 is 3.36. The number of Topliss-reactive ketones (excluding diaryl/α,β-unsaturated/α-hetero) is 1. The summed E-state index contributed by atoms with van der Waals surface area (Å²) in [5.74, 6) is 0.682. The molecule has 3 nitrogen and oxygen atoms in total. The monoisotopic (exact) mass is 314 g/mol. The van der Waals surface area contributed by atoms with Gasteiger partial charge >= 0.3 is 0 Å². The molecule has 0 aliphatic carbocycles. The largest absolute Gasteiger partial charge is 0.496 e. The highest BCUT2D eigenvalue weighted by Crippen LogP contribution is 2.26. The number of hydrogen-bond acceptors (Lipinski definition) is 3. The Morgan fingerprint density at radius 3 is 2.56 bits per heavy atom. The Labute approximate surface area is 117 Å². The summed E-state index contributed by atoms with van der Waals surface area (Å²) in [4.78, 5) is 12.0. The molecule has 4 heteroatoms. The van der Waals surface area contributed by atoms with Crippen LogP contribution < -0.4 is 4.74 Å². The van der Waals surface area contributed by atoms with E-state index in [4.69, 9.17) is 9.47 Å². The Bertz CT molecular complexity index is 427. The van der Waals surface area contributed by atoms with Gasteiger partial charge in [0.25, 0.3) is 0 Å². The van der Waals surface area contributed by atoms with Crippen molar-refractivity contribution < 1.29 is 14.3 Å². The molecule has 0 aliphatic heterocycles. The van der Waals surface area contributed by atoms with Gasteiger partial charge in [-0.05, 0) is 54.4 Å². The van der Waals surface area contributed by atoms with Crippen molar-refractivity contribution in [2.24, 2.45) is 0 Å². The minimum atomic E-state index is -0.265. The van der Waals surface area contributed by atoms with Gasteiger partial charge in [-0.2, -0.15) is 0 Å². The first-order chi connectivity index (χ1) is 8.39. The number of ether oxygens (including phenoxy) is 2. The number of methoxy groups -OCH3 is 1. The first kappa shape index (κ1) is 15.2. The number of hydrogen-bond donors (Lipinski definition) is 0. The number of carbonyl (C=O) groups is 1. The molecule has 0 aliphatic rings. The molecule has 100 valence electrons. The number of halogens is 1. The first-order valence-electron chi connectivity index (χ1n) is 5.90. The maximum Gasteiger partial charge on any atom is 0.188 e. The second kappa shape index (κ2) is 6.34. The molecular formula is C14H19BrO3. The van der Waals surface area contributed by atoms with Crippen LogP contribution in [-0.2, 0) is 4.74 Å². The molecule has 1 aromatic carbocycles. The third-order valence-corrected chi connectivity index (χ3v) is 3.54. The van der Waals surface area contributed by atoms with Gasteiger partial charge in [0, 0.05) is 5.56 Å². The Kier molecular flexibility index (Phi) is 5.35. The highest BCUT2D eigenvalue weighted by Gasteiger charge is 2.18. The van der Waals surface area contributed by atoms with Crippen LogP contribution in [0.1, 0.15) is 37.6 Å². The van der Waals surface area contributed by atoms with Crippen molar-refractivity contribution in [2.75, 3.05) is 13.7 Å². The van der Waals surface area contributed by atoms with Crippen LogP contribution in [0.5, 0.6) is 5.75 Å². The van der Waals surface area contributed by atoms with Gasteiger partial charge in [-0.3, -0.25) is 4.79 Å². The fraction of sp³-hybridized carbons (Fsp3) is 0.500. The maximum atomic E-state index is 12.0. The third kappa shape index (κ3) is 4.10. The quantitative estimate of drug-likeness (QED) is 0.748. The van der Waals surface area contributed by atoms with Gasteiger partial charge in [0.05, 0.1) is 17.2 Å². The van der Waals surface area contributed by atoms with Crippen molar-refractivity contribution in [3.8, 4) is 5.75 Å². The summed E-state index contributed by atoms with van der Waals surface area (Å²) in [6.45, 7) is 6.09. The van der Waals surface area contributed by atoms with Gasteiger partial charge in [0.2, 0.25) is 0 Å². The van der Waals surface area contributed by atoms with Crippen molar-refractivity contribution in [3.05, 3.63) is 28.2 Å². The number of benzene rings is 1. The second-order valence-electron chi connectivity index (χ2n) is 4.67. The summed E-state index contributed by atoms with van der Waals surface area (Å²) in [7, 11) is 1.59. The summed E-state index contributed by atoms with van der Waals surface area (Å²) in [5, 5.41) is 0. The van der Waals surface area contributed by atoms with E-state index in [-0.39, 0.29) is 18.0 Å². The molecule has 0 atom stereocenters. The predicted octanol–water partition coefficient (Wildman–Crippen LogP) is 3.85. The van der Waals surface area contributed by atoms with Crippen molar-refractivity contribution in [3.63, 3.8) is 0 Å². The normalized spacial score (nSPS) is 11.4. The van der Waals surface area contributed by atoms with Crippen LogP contribution >= 0.6 is 15.9 Å². The molecular weight excluding hydrogens is 296 g/mol. The molecule has 0 radical (unpaired) electrons. The van der Waals surface area contributed by atoms with E-state index in [1.165, 1.54) is 0 Å². The predicted molar refractivity (Wildman–Crippen MR) is 75.3 cm³/mol. The summed E-state index contributed by atoms with van der Waals surface area (Å²) < 4.78 is 11.5. The average molecular weight is 315 g/mol. The summed E-state index contributed by atoms with van der Waals surface area (Å²) in [6.07, 6.45) is 0.868. The molecule has 0 spiro atoms. The van der Waals surface area contributed by atoms with E-state index in [0.29, 0.717) is 11.3 Å². The zero-order chi connectivity index (χ0) is 13.8. The minimum Gasteiger partial charge on any atom is -0.496 e. The van der Waals surface area contributed by atoms with Gasteiger partial charge in [-0.15, -0.1) is 0 Å². The summed E-state index contributed by atoms with van der Waals surface area (Å²) in [5.41, 5.74) is 0.355. The molecule has 1 rings (SSSR count). The lowest BCUT2D eigenvalue weighted by Crippen LogP contribution is -2.26. The molecule has 0 N–H and O–H groups in total. The lowest BCUT2D eigenvalue weighted by molar-refractivity contribution is -0.0122. The SMILES string of the molecule is CCC(C)(C)OCC(=O)c1ccc(OC)c(Br)c1. The van der Waals surface area contributed by atoms with Crippen molar-refractivity contribution in [1.29, 1.82) is 0 Å². The van der Waals surface area contributed by atoms with Gasteiger partial charge in [0.1, 0.15) is 12.4 Å². The Balaban J connectivity index is 2.71. The zero-order valence-corrected chi connectivity index (χ0v) is 12.8. The molecule has 0 saturated carbocycles. The standard InChI is InChI=1S/C14H19BrO3/c1-5-14(2,3)18-9-12(16)10-6-7-13(17-4)11(15)8-10/h6-8H,5,9H2,1-4H3. The van der Waals surface area contributed by atoms with Crippen LogP contribution in [0.15, 0.2) is 22.7 Å². The van der Waals surface area contributed by atoms with E-state index in [0.717, 1.165) is 10.9 Å². The van der Waals surface area contributed by atoms with Crippen molar-refractivity contribution in [1.82, 2.24) is 0 Å². The van der Waals surface area contributed by atoms with Crippen molar-refractivity contribution in [2.45, 2.75) is 32.8 Å². The zero-order valence-electron chi connectivity index (χ0n) is 11.2. The molecule has 0 fully saturated rings. The van der Waals surface area contributed by atoms with Gasteiger partial charge in [-0.25, -0.2) is 0 Å². The van der Waals surface area contributed by atoms with Crippen LogP contribution in [0.4, 0.5) is 0 Å². The van der Waals surface area contributed by atoms with Crippen LogP contribution in [0.2, 0.25) is 0 Å². The van der Waals surface area contributed by atoms with E-state index in [9.17, 15) is 4.79 Å². The molecule has 0 bridgehead atoms. The number of ketones is 1. The lowest BCUT2D eigenvalue weighted by atomic mass is 10.1. The van der Waals surface area contributed by atoms with Crippen LogP contribution in [0.3, 0.4) is 0 Å². The Morgan fingerprint density at radius 1 is 1.39 bits per heavy atom. The Morgan fingerprint density at radius 2 is 2.06 bits per heavy atom. The molecule has 0 saturated heterocycles. The van der Waals surface area contributed by atoms with Crippen LogP contribution in [0, 0.1) is 0 Å². The molecule has 0 unspecified atom stereocenters. The fourth-order valence-electron chi connectivity index (χ4n) is 1.29. The van der Waals surface area contributed by atoms with E-state index < -0.39 is 0 Å². The van der Waals surface area contributed by atoms with Crippen LogP contribution in [0.25, 0.3) is 0 Å². The highest BCUT2D eigenvalue weighted by atomic mass is 79.9. The van der Waals surface area contributed by atoms with Crippen molar-refractivity contribution >= 4 is 21.7 Å². The number of carbonyl (C=O) groups excluding carboxylic acids is 1. The van der Waals surface area contributed by atoms with E-state index in [1.807, 2.05) is 20.8 Å². The Hall–Kier alpha value is -0.870. The van der Waals surface area contributed by atoms with Gasteiger partial charge in [0.15, 0.2) is 5.78 Å². The molecule has 18 heavy (non-hydrogen) atoms. The molecule has 1 aromatic rings. The fourth-order valence-corrected chi connectivity index (χ4v) is 1.83. The maximum absolute atomic E-state index is 12.0. The van der Waals surface area contributed by atoms with E-state index in [1.54, 1.807) is 25.3 Å². The molecule has 0 amide bonds. The smallest absolute Gasteiger partial charge is 0.188 e. The molecule has 0 aromatic heterocycles. The summed E-state index contributed by atoms with van der Waals surface area (Å²) in [6, 6.07) is 5.26. The topological polar surface area (TPSA) is 35.5 Å². The first-order valence-corrected chi connectivity index (χ1v) is 6.69. The highest BCUT2D eigenvalue weighted by molar-refractivity contribution is 9.10. The van der Waals surface area contributed by atoms with Crippen LogP contribution in [-0.4, -0.2) is 25.1 Å². The van der Waals surface area contributed by atoms with Gasteiger partial charge in [-0.1, -0.05) is 6.92 Å². The van der Waals surface area contributed by atoms with E-state index in [2.05, 4.69) is 15.9 Å². The lowest BCUT2D eigenvalue weighted by Gasteiger charge is -2.22.